The van der Waals surface area contributed by atoms with Crippen molar-refractivity contribution < 1.29 is 33.0 Å². The van der Waals surface area contributed by atoms with Gasteiger partial charge in [0.2, 0.25) is 0 Å². The zero-order valence-electron chi connectivity index (χ0n) is 18.2. The first kappa shape index (κ1) is 23.7. The molecule has 34 heavy (non-hydrogen) atoms. The Morgan fingerprint density at radius 3 is 2.35 bits per heavy atom. The van der Waals surface area contributed by atoms with E-state index in [2.05, 4.69) is 0 Å². The van der Waals surface area contributed by atoms with Gasteiger partial charge in [-0.1, -0.05) is 11.6 Å². The number of methoxy groups -OCH3 is 2. The van der Waals surface area contributed by atoms with Crippen LogP contribution in [0.25, 0.3) is 5.76 Å². The summed E-state index contributed by atoms with van der Waals surface area (Å²) < 4.78 is 38.1. The van der Waals surface area contributed by atoms with Crippen LogP contribution in [0.3, 0.4) is 0 Å². The molecule has 2 heterocycles. The first-order valence-corrected chi connectivity index (χ1v) is 11.2. The minimum atomic E-state index is -1.18. The van der Waals surface area contributed by atoms with E-state index in [0.29, 0.717) is 4.88 Å². The monoisotopic (exact) mass is 505 g/mol. The molecule has 1 aromatic heterocycles. The number of aliphatic hydroxyl groups excluding tert-OH is 1. The van der Waals surface area contributed by atoms with Crippen molar-refractivity contribution in [1.29, 1.82) is 0 Å². The Kier molecular flexibility index (Phi) is 6.33. The summed E-state index contributed by atoms with van der Waals surface area (Å²) in [6.45, 7) is 1.78. The highest BCUT2D eigenvalue weighted by molar-refractivity contribution is 7.10. The predicted octanol–water partition coefficient (Wildman–Crippen LogP) is 5.63. The first-order valence-electron chi connectivity index (χ1n) is 9.91. The number of halogens is 3. The van der Waals surface area contributed by atoms with Gasteiger partial charge in [-0.2, -0.15) is 0 Å². The van der Waals surface area contributed by atoms with E-state index >= 15 is 0 Å². The fourth-order valence-electron chi connectivity index (χ4n) is 3.84. The van der Waals surface area contributed by atoms with Gasteiger partial charge in [0.05, 0.1) is 30.4 Å². The van der Waals surface area contributed by atoms with Gasteiger partial charge >= 0.3 is 0 Å². The number of ketones is 1. The highest BCUT2D eigenvalue weighted by Crippen LogP contribution is 2.46. The normalized spacial score (nSPS) is 17.4. The number of hydrogen-bond donors (Lipinski definition) is 1. The van der Waals surface area contributed by atoms with E-state index in [9.17, 15) is 23.5 Å². The number of carbonyl (C=O) groups is 2. The first-order chi connectivity index (χ1) is 16.2. The fraction of sp³-hybridized carbons (Fsp3) is 0.167. The van der Waals surface area contributed by atoms with E-state index in [1.807, 2.05) is 0 Å². The lowest BCUT2D eigenvalue weighted by molar-refractivity contribution is -0.132. The van der Waals surface area contributed by atoms with Gasteiger partial charge in [-0.15, -0.1) is 11.3 Å². The Morgan fingerprint density at radius 2 is 1.76 bits per heavy atom. The molecule has 6 nitrogen and oxygen atoms in total. The second-order valence-corrected chi connectivity index (χ2v) is 8.78. The molecule has 1 aliphatic rings. The van der Waals surface area contributed by atoms with Crippen molar-refractivity contribution in [1.82, 2.24) is 0 Å². The molecule has 3 aromatic rings. The number of ether oxygens (including phenoxy) is 2. The molecule has 4 rings (SSSR count). The molecule has 1 aliphatic heterocycles. The van der Waals surface area contributed by atoms with Crippen LogP contribution in [-0.2, 0) is 9.59 Å². The highest BCUT2D eigenvalue weighted by Gasteiger charge is 2.48. The molecular weight excluding hydrogens is 488 g/mol. The Bertz CT molecular complexity index is 1350. The third-order valence-corrected chi connectivity index (χ3v) is 6.87. The Labute approximate surface area is 202 Å². The minimum absolute atomic E-state index is 0.0300. The number of benzene rings is 2. The minimum Gasteiger partial charge on any atom is -0.507 e. The average molecular weight is 506 g/mol. The van der Waals surface area contributed by atoms with Gasteiger partial charge in [0.15, 0.2) is 11.6 Å². The summed E-state index contributed by atoms with van der Waals surface area (Å²) >= 11 is 7.50. The molecule has 0 radical (unpaired) electrons. The number of amides is 1. The van der Waals surface area contributed by atoms with Crippen molar-refractivity contribution in [3.8, 4) is 11.5 Å². The zero-order chi connectivity index (χ0) is 24.7. The van der Waals surface area contributed by atoms with Crippen molar-refractivity contribution in [2.24, 2.45) is 0 Å². The largest absolute Gasteiger partial charge is 0.507 e. The quantitative estimate of drug-likeness (QED) is 0.276. The van der Waals surface area contributed by atoms with Gasteiger partial charge in [0.25, 0.3) is 11.7 Å². The van der Waals surface area contributed by atoms with Gasteiger partial charge in [-0.3, -0.25) is 14.5 Å². The zero-order valence-corrected chi connectivity index (χ0v) is 19.8. The molecule has 1 saturated heterocycles. The molecule has 10 heteroatoms. The lowest BCUT2D eigenvalue weighted by Crippen LogP contribution is -2.29. The van der Waals surface area contributed by atoms with Gasteiger partial charge in [-0.05, 0) is 42.1 Å². The molecule has 176 valence electrons. The van der Waals surface area contributed by atoms with Crippen molar-refractivity contribution in [3.63, 3.8) is 0 Å². The number of Topliss-reactive ketones (excluding diaryl/α,β-unsaturated/α-hetero) is 1. The van der Waals surface area contributed by atoms with Crippen LogP contribution in [0.15, 0.2) is 47.4 Å². The summed E-state index contributed by atoms with van der Waals surface area (Å²) in [6, 6.07) is 6.40. The van der Waals surface area contributed by atoms with Crippen molar-refractivity contribution >= 4 is 46.1 Å². The Balaban J connectivity index is 1.99. The second kappa shape index (κ2) is 9.08. The molecule has 0 saturated carbocycles. The number of hydrogen-bond acceptors (Lipinski definition) is 6. The number of anilines is 1. The number of aryl methyl sites for hydroxylation is 1. The van der Waals surface area contributed by atoms with Crippen LogP contribution in [0.5, 0.6) is 11.5 Å². The number of carbonyl (C=O) groups excluding carboxylic acids is 2. The summed E-state index contributed by atoms with van der Waals surface area (Å²) in [5, 5.41) is 13.2. The summed E-state index contributed by atoms with van der Waals surface area (Å²) in [5.74, 6) is -4.35. The Morgan fingerprint density at radius 1 is 1.06 bits per heavy atom. The molecule has 0 bridgehead atoms. The molecule has 1 N–H and O–H groups in total. The van der Waals surface area contributed by atoms with Gasteiger partial charge in [-0.25, -0.2) is 8.78 Å². The summed E-state index contributed by atoms with van der Waals surface area (Å²) in [7, 11) is 2.77. The van der Waals surface area contributed by atoms with Crippen LogP contribution in [0.1, 0.15) is 22.0 Å². The maximum atomic E-state index is 14.0. The van der Waals surface area contributed by atoms with Crippen LogP contribution in [-0.4, -0.2) is 31.0 Å². The average Bonchev–Trinajstić information content (AvgIpc) is 3.35. The second-order valence-electron chi connectivity index (χ2n) is 7.42. The molecule has 1 fully saturated rings. The number of rotatable bonds is 5. The summed E-state index contributed by atoms with van der Waals surface area (Å²) in [4.78, 5) is 28.0. The van der Waals surface area contributed by atoms with E-state index in [1.165, 1.54) is 43.8 Å². The van der Waals surface area contributed by atoms with Crippen LogP contribution in [0.4, 0.5) is 14.5 Å². The molecule has 1 unspecified atom stereocenters. The maximum Gasteiger partial charge on any atom is 0.300 e. The van der Waals surface area contributed by atoms with E-state index in [4.69, 9.17) is 21.1 Å². The number of aliphatic hydroxyl groups is 1. The number of thiophene rings is 1. The van der Waals surface area contributed by atoms with Gasteiger partial charge in [0.1, 0.15) is 23.3 Å². The smallest absolute Gasteiger partial charge is 0.300 e. The summed E-state index contributed by atoms with van der Waals surface area (Å²) in [6.07, 6.45) is 0. The SMILES string of the molecule is COc1cc(OC)c(/C(O)=C2\C(=O)C(=O)N(c3ccc(F)c(F)c3)C2c2sccc2C)cc1Cl. The summed E-state index contributed by atoms with van der Waals surface area (Å²) in [5.41, 5.74) is 0.545. The van der Waals surface area contributed by atoms with E-state index < -0.39 is 35.1 Å². The third-order valence-electron chi connectivity index (χ3n) is 5.50. The van der Waals surface area contributed by atoms with Crippen molar-refractivity contribution in [3.05, 3.63) is 80.0 Å². The van der Waals surface area contributed by atoms with Crippen LogP contribution >= 0.6 is 22.9 Å². The van der Waals surface area contributed by atoms with E-state index in [-0.39, 0.29) is 33.3 Å². The maximum absolute atomic E-state index is 14.0. The molecule has 1 amide bonds. The standard InChI is InChI=1S/C24H18ClF2NO5S/c1-11-6-7-34-23(11)20-19(21(29)13-9-14(25)18(33-3)10-17(13)32-2)22(30)24(31)28(20)12-4-5-15(26)16(27)8-12/h4-10,20,29H,1-3H3/b21-19+. The topological polar surface area (TPSA) is 76.1 Å². The van der Waals surface area contributed by atoms with Crippen LogP contribution in [0.2, 0.25) is 5.02 Å². The molecule has 2 aromatic carbocycles. The lowest BCUT2D eigenvalue weighted by atomic mass is 9.97. The van der Waals surface area contributed by atoms with Crippen molar-refractivity contribution in [2.45, 2.75) is 13.0 Å². The molecule has 1 atom stereocenters. The fourth-order valence-corrected chi connectivity index (χ4v) is 5.10. The molecule has 0 spiro atoms. The third kappa shape index (κ3) is 3.80. The molecule has 0 aliphatic carbocycles. The van der Waals surface area contributed by atoms with E-state index in [0.717, 1.165) is 22.6 Å². The van der Waals surface area contributed by atoms with E-state index in [1.54, 1.807) is 18.4 Å². The number of nitrogens with zero attached hydrogens (tertiary/aromatic N) is 1. The van der Waals surface area contributed by atoms with Crippen LogP contribution < -0.4 is 14.4 Å². The van der Waals surface area contributed by atoms with Crippen molar-refractivity contribution in [2.75, 3.05) is 19.1 Å². The highest BCUT2D eigenvalue weighted by atomic mass is 35.5. The Hall–Kier alpha value is -3.43. The van der Waals surface area contributed by atoms with Gasteiger partial charge in [0, 0.05) is 22.7 Å². The lowest BCUT2D eigenvalue weighted by Gasteiger charge is -2.25. The van der Waals surface area contributed by atoms with Crippen LogP contribution in [0, 0.1) is 18.6 Å². The molecular formula is C24H18ClF2NO5S. The predicted molar refractivity (Wildman–Crippen MR) is 125 cm³/mol. The van der Waals surface area contributed by atoms with Gasteiger partial charge < -0.3 is 14.6 Å².